The van der Waals surface area contributed by atoms with Crippen molar-refractivity contribution in [3.8, 4) is 0 Å². The van der Waals surface area contributed by atoms with Crippen LogP contribution in [0.5, 0.6) is 0 Å². The maximum Gasteiger partial charge on any atom is 0.240 e. The average molecular weight is 272 g/mol. The third-order valence-electron chi connectivity index (χ3n) is 5.88. The van der Waals surface area contributed by atoms with Crippen LogP contribution < -0.4 is 9.80 Å². The lowest BCUT2D eigenvalue weighted by Gasteiger charge is -2.59. The minimum atomic E-state index is -0.0882. The predicted molar refractivity (Wildman–Crippen MR) is 76.5 cm³/mol. The molecule has 3 heteroatoms. The van der Waals surface area contributed by atoms with Crippen molar-refractivity contribution in [2.75, 3.05) is 26.2 Å². The zero-order valence-corrected chi connectivity index (χ0v) is 12.6. The molecule has 4 bridgehead atoms. The summed E-state index contributed by atoms with van der Waals surface area (Å²) >= 11 is 0. The smallest absolute Gasteiger partial charge is 0.240 e. The fourth-order valence-corrected chi connectivity index (χ4v) is 5.35. The Bertz CT molecular complexity index is 554. The summed E-state index contributed by atoms with van der Waals surface area (Å²) in [5.41, 5.74) is 2.70. The lowest BCUT2D eigenvalue weighted by Crippen LogP contribution is -3.41. The standard InChI is InChI=1S/C17H22N2O/c1-12-6-4-5-7-13(12)14-18-8-16(2)9-19(14)11-17(3,10-18)15(16)20/h4-7,14H,8-11H2,1-3H3/p+2. The molecule has 106 valence electrons. The Labute approximate surface area is 120 Å². The summed E-state index contributed by atoms with van der Waals surface area (Å²) in [6.45, 7) is 10.7. The number of benzene rings is 1. The molecule has 0 amide bonds. The molecule has 0 radical (unpaired) electrons. The van der Waals surface area contributed by atoms with Gasteiger partial charge in [0, 0.05) is 0 Å². The Morgan fingerprint density at radius 3 is 2.00 bits per heavy atom. The first-order valence-electron chi connectivity index (χ1n) is 7.73. The van der Waals surface area contributed by atoms with E-state index in [4.69, 9.17) is 0 Å². The van der Waals surface area contributed by atoms with E-state index in [-0.39, 0.29) is 10.8 Å². The van der Waals surface area contributed by atoms with Gasteiger partial charge in [-0.2, -0.15) is 0 Å². The second-order valence-corrected chi connectivity index (χ2v) is 7.76. The van der Waals surface area contributed by atoms with Gasteiger partial charge in [0.1, 0.15) is 10.8 Å². The summed E-state index contributed by atoms with van der Waals surface area (Å²) in [6, 6.07) is 8.78. The normalized spacial score (nSPS) is 46.0. The van der Waals surface area contributed by atoms with E-state index in [9.17, 15) is 4.79 Å². The highest BCUT2D eigenvalue weighted by atomic mass is 16.1. The minimum Gasteiger partial charge on any atom is -0.297 e. The first kappa shape index (κ1) is 12.5. The Hall–Kier alpha value is -1.19. The van der Waals surface area contributed by atoms with Crippen LogP contribution >= 0.6 is 0 Å². The molecule has 4 saturated heterocycles. The largest absolute Gasteiger partial charge is 0.297 e. The molecule has 4 fully saturated rings. The zero-order valence-electron chi connectivity index (χ0n) is 12.6. The van der Waals surface area contributed by atoms with Gasteiger partial charge in [-0.05, 0) is 32.4 Å². The molecule has 2 N–H and O–H groups in total. The number of carbonyl (C=O) groups excluding carboxylic acids is 1. The number of hydrogen-bond acceptors (Lipinski definition) is 1. The van der Waals surface area contributed by atoms with Crippen LogP contribution in [0.3, 0.4) is 0 Å². The van der Waals surface area contributed by atoms with Gasteiger partial charge < -0.3 is 0 Å². The first-order chi connectivity index (χ1) is 9.43. The minimum absolute atomic E-state index is 0.0882. The molecule has 4 aliphatic heterocycles. The first-order valence-corrected chi connectivity index (χ1v) is 7.73. The summed E-state index contributed by atoms with van der Waals surface area (Å²) in [5, 5.41) is 0. The van der Waals surface area contributed by atoms with E-state index in [1.807, 2.05) is 0 Å². The van der Waals surface area contributed by atoms with Gasteiger partial charge in [0.25, 0.3) is 0 Å². The van der Waals surface area contributed by atoms with E-state index in [1.165, 1.54) is 11.1 Å². The van der Waals surface area contributed by atoms with E-state index in [2.05, 4.69) is 45.0 Å². The Morgan fingerprint density at radius 1 is 1.00 bits per heavy atom. The van der Waals surface area contributed by atoms with Crippen molar-refractivity contribution >= 4 is 5.78 Å². The molecule has 1 aromatic rings. The van der Waals surface area contributed by atoms with Crippen molar-refractivity contribution in [1.82, 2.24) is 0 Å². The van der Waals surface area contributed by atoms with Gasteiger partial charge in [-0.25, -0.2) is 0 Å². The Kier molecular flexibility index (Phi) is 2.33. The molecule has 5 rings (SSSR count). The molecule has 0 atom stereocenters. The molecule has 0 spiro atoms. The molecule has 1 aromatic carbocycles. The number of hydrogen-bond donors (Lipinski definition) is 2. The van der Waals surface area contributed by atoms with Crippen LogP contribution in [0, 0.1) is 17.8 Å². The van der Waals surface area contributed by atoms with Crippen molar-refractivity contribution in [1.29, 1.82) is 0 Å². The lowest BCUT2D eigenvalue weighted by molar-refractivity contribution is -1.18. The van der Waals surface area contributed by atoms with Crippen LogP contribution in [-0.4, -0.2) is 32.0 Å². The van der Waals surface area contributed by atoms with E-state index in [1.54, 1.807) is 9.80 Å². The van der Waals surface area contributed by atoms with E-state index >= 15 is 0 Å². The highest BCUT2D eigenvalue weighted by molar-refractivity contribution is 5.91. The fraction of sp³-hybridized carbons (Fsp3) is 0.588. The van der Waals surface area contributed by atoms with Crippen molar-refractivity contribution in [3.05, 3.63) is 35.4 Å². The second kappa shape index (κ2) is 3.71. The number of ketones is 1. The second-order valence-electron chi connectivity index (χ2n) is 7.76. The van der Waals surface area contributed by atoms with Crippen molar-refractivity contribution in [3.63, 3.8) is 0 Å². The molecule has 0 saturated carbocycles. The van der Waals surface area contributed by atoms with Crippen molar-refractivity contribution < 1.29 is 14.6 Å². The molecule has 0 unspecified atom stereocenters. The molecular weight excluding hydrogens is 248 g/mol. The van der Waals surface area contributed by atoms with E-state index in [0.29, 0.717) is 11.9 Å². The summed E-state index contributed by atoms with van der Waals surface area (Å²) in [4.78, 5) is 15.9. The van der Waals surface area contributed by atoms with Crippen LogP contribution in [-0.2, 0) is 4.79 Å². The molecule has 3 nitrogen and oxygen atoms in total. The van der Waals surface area contributed by atoms with Gasteiger partial charge in [0.15, 0.2) is 5.78 Å². The van der Waals surface area contributed by atoms with Crippen LogP contribution in [0.1, 0.15) is 31.1 Å². The Balaban J connectivity index is 1.78. The highest BCUT2D eigenvalue weighted by Gasteiger charge is 2.68. The van der Waals surface area contributed by atoms with Gasteiger partial charge in [0.05, 0.1) is 31.7 Å². The third-order valence-corrected chi connectivity index (χ3v) is 5.88. The van der Waals surface area contributed by atoms with Gasteiger partial charge in [0.2, 0.25) is 6.17 Å². The lowest BCUT2D eigenvalue weighted by atomic mass is 9.62. The van der Waals surface area contributed by atoms with Crippen molar-refractivity contribution in [2.45, 2.75) is 26.9 Å². The van der Waals surface area contributed by atoms with Gasteiger partial charge in [-0.3, -0.25) is 14.6 Å². The average Bonchev–Trinajstić information content (AvgIpc) is 2.36. The van der Waals surface area contributed by atoms with Crippen LogP contribution in [0.25, 0.3) is 0 Å². The molecule has 4 aliphatic rings. The van der Waals surface area contributed by atoms with E-state index in [0.717, 1.165) is 26.2 Å². The summed E-state index contributed by atoms with van der Waals surface area (Å²) in [6.07, 6.45) is 0.533. The third kappa shape index (κ3) is 1.45. The van der Waals surface area contributed by atoms with Gasteiger partial charge >= 0.3 is 0 Å². The SMILES string of the molecule is Cc1ccccc1C1[NH+]2CC3(C)C[NH+]1CC(C)(C2)C3=O. The van der Waals surface area contributed by atoms with Crippen LogP contribution in [0.15, 0.2) is 24.3 Å². The number of piperidine rings is 2. The Morgan fingerprint density at radius 2 is 1.50 bits per heavy atom. The topological polar surface area (TPSA) is 26.0 Å². The number of carbonyl (C=O) groups is 1. The fourth-order valence-electron chi connectivity index (χ4n) is 5.35. The maximum atomic E-state index is 12.7. The van der Waals surface area contributed by atoms with Gasteiger partial charge in [-0.15, -0.1) is 0 Å². The molecular formula is C17H24N2O+2. The summed E-state index contributed by atoms with van der Waals surface area (Å²) in [7, 11) is 0. The highest BCUT2D eigenvalue weighted by Crippen LogP contribution is 2.36. The number of rotatable bonds is 1. The molecule has 0 aromatic heterocycles. The number of quaternary nitrogens is 2. The summed E-state index contributed by atoms with van der Waals surface area (Å²) < 4.78 is 0. The van der Waals surface area contributed by atoms with Crippen LogP contribution in [0.2, 0.25) is 0 Å². The summed E-state index contributed by atoms with van der Waals surface area (Å²) in [5.74, 6) is 0.528. The predicted octanol–water partition coefficient (Wildman–Crippen LogP) is -0.614. The number of Topliss-reactive ketones (excluding diaryl/α,β-unsaturated/α-hetero) is 1. The molecule has 4 heterocycles. The molecule has 20 heavy (non-hydrogen) atoms. The maximum absolute atomic E-state index is 12.7. The number of nitrogens with one attached hydrogen (secondary N) is 2. The zero-order chi connectivity index (χ0) is 14.1. The van der Waals surface area contributed by atoms with Crippen LogP contribution in [0.4, 0.5) is 0 Å². The number of aryl methyl sites for hydroxylation is 1. The molecule has 0 aliphatic carbocycles. The quantitative estimate of drug-likeness (QED) is 0.701. The van der Waals surface area contributed by atoms with E-state index < -0.39 is 0 Å². The van der Waals surface area contributed by atoms with Gasteiger partial charge in [-0.1, -0.05) is 18.2 Å². The van der Waals surface area contributed by atoms with Crippen molar-refractivity contribution in [2.24, 2.45) is 10.8 Å². The monoisotopic (exact) mass is 272 g/mol.